The van der Waals surface area contributed by atoms with Gasteiger partial charge in [-0.25, -0.2) is 9.37 Å². The van der Waals surface area contributed by atoms with Crippen LogP contribution in [0.4, 0.5) is 9.39 Å². The molecular weight excluding hydrogens is 339 g/mol. The Bertz CT molecular complexity index is 787. The van der Waals surface area contributed by atoms with Crippen LogP contribution in [0.5, 0.6) is 0 Å². The predicted octanol–water partition coefficient (Wildman–Crippen LogP) is 5.48. The van der Waals surface area contributed by atoms with E-state index in [1.807, 2.05) is 24.3 Å². The lowest BCUT2D eigenvalue weighted by Crippen LogP contribution is -1.86. The number of anilines is 1. The zero-order valence-corrected chi connectivity index (χ0v) is 13.8. The molecule has 22 heavy (non-hydrogen) atoms. The van der Waals surface area contributed by atoms with Gasteiger partial charge in [0.1, 0.15) is 16.5 Å². The monoisotopic (exact) mass is 350 g/mol. The first-order chi connectivity index (χ1) is 10.6. The molecule has 0 spiro atoms. The maximum Gasteiger partial charge on any atom is 0.152 e. The molecule has 0 atom stereocenters. The number of aromatic nitrogens is 1. The molecule has 0 unspecified atom stereocenters. The van der Waals surface area contributed by atoms with E-state index in [1.165, 1.54) is 23.5 Å². The highest BCUT2D eigenvalue weighted by Gasteiger charge is 2.11. The molecule has 112 valence electrons. The Morgan fingerprint density at radius 3 is 2.68 bits per heavy atom. The Kier molecular flexibility index (Phi) is 4.66. The number of halogens is 2. The number of thioether (sulfide) groups is 1. The lowest BCUT2D eigenvalue weighted by molar-refractivity contribution is 0.628. The molecule has 6 heteroatoms. The summed E-state index contributed by atoms with van der Waals surface area (Å²) in [5.41, 5.74) is 8.70. The van der Waals surface area contributed by atoms with Crippen LogP contribution in [0.2, 0.25) is 5.02 Å². The van der Waals surface area contributed by atoms with Gasteiger partial charge in [-0.15, -0.1) is 0 Å². The van der Waals surface area contributed by atoms with Crippen LogP contribution in [0.3, 0.4) is 0 Å². The molecule has 0 amide bonds. The summed E-state index contributed by atoms with van der Waals surface area (Å²) in [5, 5.41) is 1.36. The summed E-state index contributed by atoms with van der Waals surface area (Å²) in [6.45, 7) is 0. The van der Waals surface area contributed by atoms with E-state index in [-0.39, 0.29) is 5.82 Å². The van der Waals surface area contributed by atoms with Gasteiger partial charge in [-0.2, -0.15) is 0 Å². The van der Waals surface area contributed by atoms with Crippen molar-refractivity contribution in [2.75, 3.05) is 5.73 Å². The van der Waals surface area contributed by atoms with Crippen LogP contribution in [-0.2, 0) is 5.75 Å². The van der Waals surface area contributed by atoms with Gasteiger partial charge >= 0.3 is 0 Å². The van der Waals surface area contributed by atoms with Crippen molar-refractivity contribution >= 4 is 39.7 Å². The molecule has 0 aliphatic rings. The first kappa shape index (κ1) is 15.3. The van der Waals surface area contributed by atoms with E-state index in [2.05, 4.69) is 4.98 Å². The Morgan fingerprint density at radius 1 is 1.18 bits per heavy atom. The number of thiazole rings is 1. The summed E-state index contributed by atoms with van der Waals surface area (Å²) in [4.78, 5) is 4.55. The predicted molar refractivity (Wildman–Crippen MR) is 92.9 cm³/mol. The van der Waals surface area contributed by atoms with Crippen molar-refractivity contribution in [3.8, 4) is 11.3 Å². The van der Waals surface area contributed by atoms with Crippen LogP contribution in [0, 0.1) is 5.82 Å². The highest BCUT2D eigenvalue weighted by molar-refractivity contribution is 8.00. The van der Waals surface area contributed by atoms with Crippen molar-refractivity contribution in [1.82, 2.24) is 4.98 Å². The third-order valence-corrected chi connectivity index (χ3v) is 5.34. The number of nitrogens with zero attached hydrogens (tertiary/aromatic N) is 1. The normalized spacial score (nSPS) is 10.8. The van der Waals surface area contributed by atoms with Crippen molar-refractivity contribution in [2.24, 2.45) is 0 Å². The molecular formula is C16H12ClFN2S2. The molecule has 1 aromatic heterocycles. The molecule has 1 heterocycles. The Morgan fingerprint density at radius 2 is 1.95 bits per heavy atom. The van der Waals surface area contributed by atoms with Gasteiger partial charge in [-0.05, 0) is 42.0 Å². The minimum absolute atomic E-state index is 0.270. The standard InChI is InChI=1S/C16H12ClFN2S2/c17-12-3-1-2-10(8-12)9-21-16-20-14(15(19)22-16)11-4-6-13(18)7-5-11/h1-8H,9,19H2. The van der Waals surface area contributed by atoms with Crippen molar-refractivity contribution in [2.45, 2.75) is 10.1 Å². The summed E-state index contributed by atoms with van der Waals surface area (Å²) < 4.78 is 13.9. The average Bonchev–Trinajstić information content (AvgIpc) is 2.87. The number of nitrogens with two attached hydrogens (primary N) is 1. The van der Waals surface area contributed by atoms with E-state index in [0.29, 0.717) is 10.7 Å². The molecule has 3 rings (SSSR count). The van der Waals surface area contributed by atoms with Crippen LogP contribution in [0.1, 0.15) is 5.56 Å². The molecule has 0 bridgehead atoms. The largest absolute Gasteiger partial charge is 0.389 e. The Hall–Kier alpha value is -1.56. The molecule has 0 fully saturated rings. The van der Waals surface area contributed by atoms with Gasteiger partial charge in [0.15, 0.2) is 4.34 Å². The van der Waals surface area contributed by atoms with Crippen molar-refractivity contribution in [3.05, 3.63) is 64.9 Å². The van der Waals surface area contributed by atoms with Gasteiger partial charge in [-0.3, -0.25) is 0 Å². The fourth-order valence-electron chi connectivity index (χ4n) is 1.96. The molecule has 0 saturated carbocycles. The van der Waals surface area contributed by atoms with Gasteiger partial charge in [-0.1, -0.05) is 46.8 Å². The Balaban J connectivity index is 1.76. The van der Waals surface area contributed by atoms with Crippen LogP contribution in [0.15, 0.2) is 52.9 Å². The van der Waals surface area contributed by atoms with Crippen molar-refractivity contribution in [1.29, 1.82) is 0 Å². The summed E-state index contributed by atoms with van der Waals surface area (Å²) in [6, 6.07) is 13.9. The molecule has 0 aliphatic carbocycles. The summed E-state index contributed by atoms with van der Waals surface area (Å²) in [7, 11) is 0. The maximum atomic E-state index is 13.0. The molecule has 0 aliphatic heterocycles. The number of benzene rings is 2. The second-order valence-corrected chi connectivity index (χ2v) is 7.31. The smallest absolute Gasteiger partial charge is 0.152 e. The molecule has 2 nitrogen and oxygen atoms in total. The number of rotatable bonds is 4. The maximum absolute atomic E-state index is 13.0. The lowest BCUT2D eigenvalue weighted by atomic mass is 10.2. The summed E-state index contributed by atoms with van der Waals surface area (Å²) >= 11 is 9.03. The van der Waals surface area contributed by atoms with Gasteiger partial charge in [0.05, 0.1) is 0 Å². The van der Waals surface area contributed by atoms with Crippen LogP contribution < -0.4 is 5.73 Å². The number of nitrogen functional groups attached to an aromatic ring is 1. The molecule has 0 saturated heterocycles. The quantitative estimate of drug-likeness (QED) is 0.633. The molecule has 2 aromatic carbocycles. The van der Waals surface area contributed by atoms with Crippen LogP contribution >= 0.6 is 34.7 Å². The SMILES string of the molecule is Nc1sc(SCc2cccc(Cl)c2)nc1-c1ccc(F)cc1. The summed E-state index contributed by atoms with van der Waals surface area (Å²) in [5.74, 6) is 0.504. The summed E-state index contributed by atoms with van der Waals surface area (Å²) in [6.07, 6.45) is 0. The topological polar surface area (TPSA) is 38.9 Å². The van der Waals surface area contributed by atoms with Gasteiger partial charge in [0, 0.05) is 16.3 Å². The van der Waals surface area contributed by atoms with Gasteiger partial charge < -0.3 is 5.73 Å². The van der Waals surface area contributed by atoms with E-state index < -0.39 is 0 Å². The highest BCUT2D eigenvalue weighted by Crippen LogP contribution is 2.36. The minimum Gasteiger partial charge on any atom is -0.389 e. The third kappa shape index (κ3) is 3.61. The van der Waals surface area contributed by atoms with Gasteiger partial charge in [0.2, 0.25) is 0 Å². The molecule has 2 N–H and O–H groups in total. The first-order valence-corrected chi connectivity index (χ1v) is 8.69. The third-order valence-electron chi connectivity index (χ3n) is 3.00. The fourth-order valence-corrected chi connectivity index (χ4v) is 4.07. The van der Waals surface area contributed by atoms with E-state index >= 15 is 0 Å². The average molecular weight is 351 g/mol. The minimum atomic E-state index is -0.270. The number of hydrogen-bond acceptors (Lipinski definition) is 4. The first-order valence-electron chi connectivity index (χ1n) is 6.51. The van der Waals surface area contributed by atoms with E-state index in [1.54, 1.807) is 23.9 Å². The van der Waals surface area contributed by atoms with E-state index in [4.69, 9.17) is 17.3 Å². The van der Waals surface area contributed by atoms with E-state index in [0.717, 1.165) is 26.2 Å². The molecule has 0 radical (unpaired) electrons. The van der Waals surface area contributed by atoms with Crippen LogP contribution in [-0.4, -0.2) is 4.98 Å². The zero-order chi connectivity index (χ0) is 15.5. The highest BCUT2D eigenvalue weighted by atomic mass is 35.5. The van der Waals surface area contributed by atoms with Gasteiger partial charge in [0.25, 0.3) is 0 Å². The van der Waals surface area contributed by atoms with Crippen LogP contribution in [0.25, 0.3) is 11.3 Å². The van der Waals surface area contributed by atoms with Crippen molar-refractivity contribution in [3.63, 3.8) is 0 Å². The lowest BCUT2D eigenvalue weighted by Gasteiger charge is -1.99. The zero-order valence-electron chi connectivity index (χ0n) is 11.4. The molecule has 3 aromatic rings. The van der Waals surface area contributed by atoms with E-state index in [9.17, 15) is 4.39 Å². The van der Waals surface area contributed by atoms with Crippen molar-refractivity contribution < 1.29 is 4.39 Å². The Labute approximate surface area is 141 Å². The second kappa shape index (κ2) is 6.69. The second-order valence-electron chi connectivity index (χ2n) is 4.62. The number of hydrogen-bond donors (Lipinski definition) is 1. The fraction of sp³-hybridized carbons (Fsp3) is 0.0625.